The van der Waals surface area contributed by atoms with Gasteiger partial charge in [0.15, 0.2) is 0 Å². The Bertz CT molecular complexity index is 260. The van der Waals surface area contributed by atoms with E-state index in [1.165, 1.54) is 19.3 Å². The lowest BCUT2D eigenvalue weighted by atomic mass is 9.99. The van der Waals surface area contributed by atoms with Crippen LogP contribution in [0.1, 0.15) is 45.4 Å². The van der Waals surface area contributed by atoms with Crippen LogP contribution in [0.2, 0.25) is 0 Å². The number of nitrogens with two attached hydrogens (primary N) is 1. The van der Waals surface area contributed by atoms with E-state index >= 15 is 0 Å². The first-order valence-corrected chi connectivity index (χ1v) is 6.74. The van der Waals surface area contributed by atoms with Crippen LogP contribution in [-0.4, -0.2) is 29.9 Å². The van der Waals surface area contributed by atoms with E-state index in [2.05, 4.69) is 11.8 Å². The van der Waals surface area contributed by atoms with Crippen molar-refractivity contribution >= 4 is 18.3 Å². The summed E-state index contributed by atoms with van der Waals surface area (Å²) in [7, 11) is 0. The minimum Gasteiger partial charge on any atom is -0.342 e. The van der Waals surface area contributed by atoms with Gasteiger partial charge >= 0.3 is 0 Å². The smallest absolute Gasteiger partial charge is 0.222 e. The normalized spacial score (nSPS) is 32.6. The summed E-state index contributed by atoms with van der Waals surface area (Å²) in [6.07, 6.45) is 6.55. The summed E-state index contributed by atoms with van der Waals surface area (Å²) in [5.74, 6) is 1.53. The number of likely N-dealkylation sites (tertiary alicyclic amines) is 1. The third-order valence-electron chi connectivity index (χ3n) is 4.37. The van der Waals surface area contributed by atoms with Crippen LogP contribution in [0.3, 0.4) is 0 Å². The molecule has 1 saturated carbocycles. The average molecular weight is 261 g/mol. The molecule has 0 aromatic rings. The number of hydrogen-bond acceptors (Lipinski definition) is 2. The van der Waals surface area contributed by atoms with Crippen LogP contribution in [0, 0.1) is 11.8 Å². The van der Waals surface area contributed by atoms with E-state index in [1.54, 1.807) is 0 Å². The Kier molecular flexibility index (Phi) is 5.74. The van der Waals surface area contributed by atoms with Crippen molar-refractivity contribution in [3.8, 4) is 0 Å². The highest BCUT2D eigenvalue weighted by molar-refractivity contribution is 5.85. The van der Waals surface area contributed by atoms with Crippen molar-refractivity contribution in [2.24, 2.45) is 17.6 Å². The zero-order valence-corrected chi connectivity index (χ0v) is 11.5. The van der Waals surface area contributed by atoms with Crippen molar-refractivity contribution in [3.05, 3.63) is 0 Å². The first kappa shape index (κ1) is 14.8. The van der Waals surface area contributed by atoms with Crippen LogP contribution in [0.25, 0.3) is 0 Å². The Morgan fingerprint density at radius 3 is 2.65 bits per heavy atom. The molecule has 2 N–H and O–H groups in total. The van der Waals surface area contributed by atoms with Crippen molar-refractivity contribution in [3.63, 3.8) is 0 Å². The van der Waals surface area contributed by atoms with Gasteiger partial charge in [-0.1, -0.05) is 19.8 Å². The fourth-order valence-corrected chi connectivity index (χ4v) is 3.06. The molecule has 1 amide bonds. The molecule has 3 atom stereocenters. The SMILES string of the molecule is CCC1CCN(C(=O)C[C@@H]2CCC[C@H]2N)C1.Cl. The van der Waals surface area contributed by atoms with Crippen molar-refractivity contribution in [2.45, 2.75) is 51.5 Å². The van der Waals surface area contributed by atoms with Crippen molar-refractivity contribution in [1.29, 1.82) is 0 Å². The topological polar surface area (TPSA) is 46.3 Å². The molecular formula is C13H25ClN2O. The third kappa shape index (κ3) is 3.59. The molecule has 0 aromatic heterocycles. The van der Waals surface area contributed by atoms with Crippen LogP contribution in [0.15, 0.2) is 0 Å². The fourth-order valence-electron chi connectivity index (χ4n) is 3.06. The quantitative estimate of drug-likeness (QED) is 0.846. The van der Waals surface area contributed by atoms with Crippen LogP contribution >= 0.6 is 12.4 Å². The first-order valence-electron chi connectivity index (χ1n) is 6.74. The van der Waals surface area contributed by atoms with Crippen molar-refractivity contribution in [2.75, 3.05) is 13.1 Å². The van der Waals surface area contributed by atoms with Crippen molar-refractivity contribution < 1.29 is 4.79 Å². The number of rotatable bonds is 3. The Hall–Kier alpha value is -0.280. The summed E-state index contributed by atoms with van der Waals surface area (Å²) in [4.78, 5) is 14.1. The molecule has 2 rings (SSSR count). The van der Waals surface area contributed by atoms with Gasteiger partial charge < -0.3 is 10.6 Å². The fraction of sp³-hybridized carbons (Fsp3) is 0.923. The van der Waals surface area contributed by atoms with E-state index in [0.717, 1.165) is 31.8 Å². The summed E-state index contributed by atoms with van der Waals surface area (Å²) in [6.45, 7) is 4.17. The molecule has 0 spiro atoms. The Morgan fingerprint density at radius 2 is 2.12 bits per heavy atom. The number of nitrogens with zero attached hydrogens (tertiary/aromatic N) is 1. The van der Waals surface area contributed by atoms with Crippen LogP contribution < -0.4 is 5.73 Å². The lowest BCUT2D eigenvalue weighted by Gasteiger charge is -2.20. The maximum atomic E-state index is 12.1. The Labute approximate surface area is 111 Å². The second kappa shape index (κ2) is 6.60. The predicted octanol–water partition coefficient (Wildman–Crippen LogP) is 2.18. The Morgan fingerprint density at radius 1 is 1.35 bits per heavy atom. The van der Waals surface area contributed by atoms with E-state index in [0.29, 0.717) is 18.2 Å². The van der Waals surface area contributed by atoms with Gasteiger partial charge in [-0.05, 0) is 31.1 Å². The summed E-state index contributed by atoms with van der Waals surface area (Å²) >= 11 is 0. The molecule has 4 heteroatoms. The van der Waals surface area contributed by atoms with Crippen LogP contribution in [0.4, 0.5) is 0 Å². The second-order valence-electron chi connectivity index (χ2n) is 5.46. The minimum absolute atomic E-state index is 0. The molecule has 1 saturated heterocycles. The van der Waals surface area contributed by atoms with Gasteiger partial charge in [-0.15, -0.1) is 12.4 Å². The summed E-state index contributed by atoms with van der Waals surface area (Å²) in [5, 5.41) is 0. The second-order valence-corrected chi connectivity index (χ2v) is 5.46. The predicted molar refractivity (Wildman–Crippen MR) is 72.2 cm³/mol. The molecule has 17 heavy (non-hydrogen) atoms. The van der Waals surface area contributed by atoms with E-state index < -0.39 is 0 Å². The molecule has 0 radical (unpaired) electrons. The molecule has 0 bridgehead atoms. The summed E-state index contributed by atoms with van der Waals surface area (Å²) in [5.41, 5.74) is 6.01. The zero-order chi connectivity index (χ0) is 11.5. The van der Waals surface area contributed by atoms with Gasteiger partial charge in [0.25, 0.3) is 0 Å². The molecule has 0 aromatic carbocycles. The highest BCUT2D eigenvalue weighted by Crippen LogP contribution is 2.28. The van der Waals surface area contributed by atoms with Gasteiger partial charge in [0.2, 0.25) is 5.91 Å². The largest absolute Gasteiger partial charge is 0.342 e. The van der Waals surface area contributed by atoms with Crippen molar-refractivity contribution in [1.82, 2.24) is 4.90 Å². The molecule has 100 valence electrons. The number of halogens is 1. The molecule has 2 fully saturated rings. The van der Waals surface area contributed by atoms with Crippen LogP contribution in [-0.2, 0) is 4.79 Å². The van der Waals surface area contributed by atoms with E-state index in [4.69, 9.17) is 5.73 Å². The lowest BCUT2D eigenvalue weighted by molar-refractivity contribution is -0.131. The zero-order valence-electron chi connectivity index (χ0n) is 10.7. The molecule has 1 unspecified atom stereocenters. The minimum atomic E-state index is 0. The number of carbonyl (C=O) groups excluding carboxylic acids is 1. The molecule has 1 aliphatic heterocycles. The van der Waals surface area contributed by atoms with Gasteiger partial charge in [-0.3, -0.25) is 4.79 Å². The van der Waals surface area contributed by atoms with Crippen LogP contribution in [0.5, 0.6) is 0 Å². The highest BCUT2D eigenvalue weighted by atomic mass is 35.5. The van der Waals surface area contributed by atoms with Gasteiger partial charge in [0, 0.05) is 25.6 Å². The first-order chi connectivity index (χ1) is 7.70. The lowest BCUT2D eigenvalue weighted by Crippen LogP contribution is -2.34. The molecule has 2 aliphatic rings. The van der Waals surface area contributed by atoms with Gasteiger partial charge in [-0.25, -0.2) is 0 Å². The van der Waals surface area contributed by atoms with E-state index in [-0.39, 0.29) is 18.4 Å². The Balaban J connectivity index is 0.00000144. The number of amides is 1. The molecular weight excluding hydrogens is 236 g/mol. The molecule has 1 aliphatic carbocycles. The van der Waals surface area contributed by atoms with E-state index in [9.17, 15) is 4.79 Å². The number of hydrogen-bond donors (Lipinski definition) is 1. The number of carbonyl (C=O) groups is 1. The van der Waals surface area contributed by atoms with Gasteiger partial charge in [0.05, 0.1) is 0 Å². The monoisotopic (exact) mass is 260 g/mol. The van der Waals surface area contributed by atoms with Gasteiger partial charge in [0.1, 0.15) is 0 Å². The average Bonchev–Trinajstić information content (AvgIpc) is 2.88. The molecule has 3 nitrogen and oxygen atoms in total. The van der Waals surface area contributed by atoms with Gasteiger partial charge in [-0.2, -0.15) is 0 Å². The van der Waals surface area contributed by atoms with E-state index in [1.807, 2.05) is 0 Å². The summed E-state index contributed by atoms with van der Waals surface area (Å²) < 4.78 is 0. The summed E-state index contributed by atoms with van der Waals surface area (Å²) in [6, 6.07) is 0.272. The highest BCUT2D eigenvalue weighted by Gasteiger charge is 2.30. The maximum absolute atomic E-state index is 12.1. The molecule has 1 heterocycles. The standard InChI is InChI=1S/C13H24N2O.ClH/c1-2-10-6-7-15(9-10)13(16)8-11-4-3-5-12(11)14;/h10-12H,2-9,14H2,1H3;1H/t10?,11-,12+;/m0./s1. The third-order valence-corrected chi connectivity index (χ3v) is 4.37. The maximum Gasteiger partial charge on any atom is 0.222 e.